The molecule has 5 heteroatoms. The number of anilines is 1. The number of thiazole rings is 1. The van der Waals surface area contributed by atoms with Crippen LogP contribution in [0, 0.1) is 0 Å². The SMILES string of the molecule is CCCC(N)C(=O)Nc1ccc2scnc2c1. The van der Waals surface area contributed by atoms with Crippen LogP contribution >= 0.6 is 11.3 Å². The fourth-order valence-electron chi connectivity index (χ4n) is 1.61. The van der Waals surface area contributed by atoms with E-state index in [4.69, 9.17) is 5.73 Å². The summed E-state index contributed by atoms with van der Waals surface area (Å²) >= 11 is 1.58. The number of nitrogens with zero attached hydrogens (tertiary/aromatic N) is 1. The minimum absolute atomic E-state index is 0.138. The summed E-state index contributed by atoms with van der Waals surface area (Å²) in [6.45, 7) is 2.01. The minimum Gasteiger partial charge on any atom is -0.325 e. The molecule has 17 heavy (non-hydrogen) atoms. The number of nitrogens with two attached hydrogens (primary N) is 1. The second kappa shape index (κ2) is 5.25. The lowest BCUT2D eigenvalue weighted by Crippen LogP contribution is -2.35. The van der Waals surface area contributed by atoms with Gasteiger partial charge in [-0.3, -0.25) is 4.79 Å². The number of fused-ring (bicyclic) bond motifs is 1. The molecule has 0 bridgehead atoms. The van der Waals surface area contributed by atoms with Gasteiger partial charge >= 0.3 is 0 Å². The van der Waals surface area contributed by atoms with Gasteiger partial charge in [-0.15, -0.1) is 11.3 Å². The monoisotopic (exact) mass is 249 g/mol. The quantitative estimate of drug-likeness (QED) is 0.874. The lowest BCUT2D eigenvalue weighted by atomic mass is 10.1. The van der Waals surface area contributed by atoms with Gasteiger partial charge < -0.3 is 11.1 Å². The summed E-state index contributed by atoms with van der Waals surface area (Å²) in [7, 11) is 0. The Morgan fingerprint density at radius 3 is 3.18 bits per heavy atom. The average Bonchev–Trinajstić information content (AvgIpc) is 2.76. The van der Waals surface area contributed by atoms with Crippen molar-refractivity contribution in [2.75, 3.05) is 5.32 Å². The average molecular weight is 249 g/mol. The summed E-state index contributed by atoms with van der Waals surface area (Å²) in [5.41, 5.74) is 9.18. The normalized spacial score (nSPS) is 12.6. The number of carbonyl (C=O) groups excluding carboxylic acids is 1. The molecule has 3 N–H and O–H groups in total. The highest BCUT2D eigenvalue weighted by Gasteiger charge is 2.12. The third-order valence-electron chi connectivity index (χ3n) is 2.53. The summed E-state index contributed by atoms with van der Waals surface area (Å²) in [6, 6.07) is 5.25. The highest BCUT2D eigenvalue weighted by Crippen LogP contribution is 2.21. The third kappa shape index (κ3) is 2.81. The Morgan fingerprint density at radius 1 is 1.59 bits per heavy atom. The maximum Gasteiger partial charge on any atom is 0.241 e. The van der Waals surface area contributed by atoms with Crippen molar-refractivity contribution in [1.29, 1.82) is 0 Å². The Kier molecular flexibility index (Phi) is 3.71. The van der Waals surface area contributed by atoms with Gasteiger partial charge in [0.15, 0.2) is 0 Å². The molecule has 0 spiro atoms. The smallest absolute Gasteiger partial charge is 0.241 e. The van der Waals surface area contributed by atoms with Gasteiger partial charge in [0.1, 0.15) is 0 Å². The van der Waals surface area contributed by atoms with Gasteiger partial charge in [0.25, 0.3) is 0 Å². The molecule has 1 aromatic heterocycles. The Morgan fingerprint density at radius 2 is 2.41 bits per heavy atom. The van der Waals surface area contributed by atoms with Crippen molar-refractivity contribution in [1.82, 2.24) is 4.98 Å². The molecule has 0 aliphatic rings. The standard InChI is InChI=1S/C12H15N3OS/c1-2-3-9(13)12(16)15-8-4-5-11-10(6-8)14-7-17-11/h4-7,9H,2-3,13H2,1H3,(H,15,16). The summed E-state index contributed by atoms with van der Waals surface area (Å²) < 4.78 is 1.11. The lowest BCUT2D eigenvalue weighted by molar-refractivity contribution is -0.117. The maximum absolute atomic E-state index is 11.7. The predicted octanol–water partition coefficient (Wildman–Crippen LogP) is 2.36. The summed E-state index contributed by atoms with van der Waals surface area (Å²) in [5, 5.41) is 2.81. The van der Waals surface area contributed by atoms with E-state index in [0.29, 0.717) is 6.42 Å². The topological polar surface area (TPSA) is 68.0 Å². The fraction of sp³-hybridized carbons (Fsp3) is 0.333. The Hall–Kier alpha value is -1.46. The Balaban J connectivity index is 2.09. The third-order valence-corrected chi connectivity index (χ3v) is 3.34. The molecule has 1 heterocycles. The highest BCUT2D eigenvalue weighted by atomic mass is 32.1. The first-order chi connectivity index (χ1) is 8.20. The summed E-state index contributed by atoms with van der Waals surface area (Å²) in [4.78, 5) is 15.9. The molecule has 2 aromatic rings. The molecule has 2 rings (SSSR count). The first kappa shape index (κ1) is 12.0. The first-order valence-corrected chi connectivity index (χ1v) is 6.48. The van der Waals surface area contributed by atoms with E-state index in [1.807, 2.05) is 25.1 Å². The summed E-state index contributed by atoms with van der Waals surface area (Å²) in [5.74, 6) is -0.138. The molecule has 1 atom stereocenters. The van der Waals surface area contributed by atoms with Crippen LogP contribution in [0.25, 0.3) is 10.2 Å². The van der Waals surface area contributed by atoms with E-state index in [1.165, 1.54) is 0 Å². The van der Waals surface area contributed by atoms with Gasteiger partial charge in [-0.1, -0.05) is 13.3 Å². The van der Waals surface area contributed by atoms with Gasteiger partial charge in [-0.25, -0.2) is 4.98 Å². The molecule has 1 amide bonds. The van der Waals surface area contributed by atoms with Crippen molar-refractivity contribution in [3.05, 3.63) is 23.7 Å². The minimum atomic E-state index is -0.439. The van der Waals surface area contributed by atoms with E-state index in [0.717, 1.165) is 22.3 Å². The number of nitrogens with one attached hydrogen (secondary N) is 1. The molecule has 0 aliphatic heterocycles. The molecule has 0 aliphatic carbocycles. The van der Waals surface area contributed by atoms with Gasteiger partial charge in [-0.2, -0.15) is 0 Å². The van der Waals surface area contributed by atoms with E-state index < -0.39 is 6.04 Å². The number of carbonyl (C=O) groups is 1. The molecule has 90 valence electrons. The van der Waals surface area contributed by atoms with Crippen molar-refractivity contribution in [3.63, 3.8) is 0 Å². The number of benzene rings is 1. The van der Waals surface area contributed by atoms with Crippen LogP contribution in [0.4, 0.5) is 5.69 Å². The zero-order valence-corrected chi connectivity index (χ0v) is 10.5. The van der Waals surface area contributed by atoms with Crippen LogP contribution in [0.1, 0.15) is 19.8 Å². The van der Waals surface area contributed by atoms with Gasteiger partial charge in [-0.05, 0) is 24.6 Å². The van der Waals surface area contributed by atoms with Crippen LogP contribution in [0.2, 0.25) is 0 Å². The number of rotatable bonds is 4. The number of hydrogen-bond donors (Lipinski definition) is 2. The molecular formula is C12H15N3OS. The lowest BCUT2D eigenvalue weighted by Gasteiger charge is -2.10. The van der Waals surface area contributed by atoms with Gasteiger partial charge in [0, 0.05) is 5.69 Å². The van der Waals surface area contributed by atoms with E-state index in [9.17, 15) is 4.79 Å². The predicted molar refractivity (Wildman–Crippen MR) is 71.1 cm³/mol. The van der Waals surface area contributed by atoms with E-state index >= 15 is 0 Å². The van der Waals surface area contributed by atoms with Crippen molar-refractivity contribution in [2.45, 2.75) is 25.8 Å². The second-order valence-electron chi connectivity index (χ2n) is 3.92. The van der Waals surface area contributed by atoms with Crippen LogP contribution in [0.15, 0.2) is 23.7 Å². The molecule has 0 radical (unpaired) electrons. The van der Waals surface area contributed by atoms with Crippen LogP contribution < -0.4 is 11.1 Å². The number of amides is 1. The second-order valence-corrected chi connectivity index (χ2v) is 4.81. The fourth-order valence-corrected chi connectivity index (χ4v) is 2.27. The Labute approximate surface area is 104 Å². The van der Waals surface area contributed by atoms with Crippen molar-refractivity contribution in [2.24, 2.45) is 5.73 Å². The Bertz CT molecular complexity index is 523. The van der Waals surface area contributed by atoms with E-state index in [-0.39, 0.29) is 5.91 Å². The van der Waals surface area contributed by atoms with Crippen molar-refractivity contribution in [3.8, 4) is 0 Å². The molecule has 4 nitrogen and oxygen atoms in total. The van der Waals surface area contributed by atoms with Crippen LogP contribution in [0.3, 0.4) is 0 Å². The van der Waals surface area contributed by atoms with Gasteiger partial charge in [0.05, 0.1) is 21.8 Å². The van der Waals surface area contributed by atoms with Crippen LogP contribution in [-0.4, -0.2) is 16.9 Å². The van der Waals surface area contributed by atoms with Crippen molar-refractivity contribution >= 4 is 33.1 Å². The highest BCUT2D eigenvalue weighted by molar-refractivity contribution is 7.16. The molecule has 0 saturated carbocycles. The zero-order chi connectivity index (χ0) is 12.3. The molecule has 1 unspecified atom stereocenters. The number of hydrogen-bond acceptors (Lipinski definition) is 4. The molecular weight excluding hydrogens is 234 g/mol. The van der Waals surface area contributed by atoms with E-state index in [2.05, 4.69) is 10.3 Å². The van der Waals surface area contributed by atoms with Crippen molar-refractivity contribution < 1.29 is 4.79 Å². The van der Waals surface area contributed by atoms with Gasteiger partial charge in [0.2, 0.25) is 5.91 Å². The number of aromatic nitrogens is 1. The van der Waals surface area contributed by atoms with Crippen LogP contribution in [0.5, 0.6) is 0 Å². The molecule has 0 saturated heterocycles. The molecule has 1 aromatic carbocycles. The largest absolute Gasteiger partial charge is 0.325 e. The first-order valence-electron chi connectivity index (χ1n) is 5.60. The van der Waals surface area contributed by atoms with Crippen LogP contribution in [-0.2, 0) is 4.79 Å². The molecule has 0 fully saturated rings. The van der Waals surface area contributed by atoms with E-state index in [1.54, 1.807) is 16.8 Å². The summed E-state index contributed by atoms with van der Waals surface area (Å²) in [6.07, 6.45) is 1.60. The zero-order valence-electron chi connectivity index (χ0n) is 9.64. The maximum atomic E-state index is 11.7.